The standard InChI is InChI=1S/C12H22N4O2/c1-6-7-8-13-16-11(9(2)17-4)14-15-12(16)10(3)18-5/h8-10H,6-7H2,1-5H3. The number of hydrogen-bond acceptors (Lipinski definition) is 5. The highest BCUT2D eigenvalue weighted by Crippen LogP contribution is 2.20. The topological polar surface area (TPSA) is 61.5 Å². The molecule has 1 aromatic heterocycles. The Labute approximate surface area is 108 Å². The Morgan fingerprint density at radius 3 is 2.06 bits per heavy atom. The predicted octanol–water partition coefficient (Wildman–Crippen LogP) is 2.33. The van der Waals surface area contributed by atoms with E-state index in [0.717, 1.165) is 12.8 Å². The van der Waals surface area contributed by atoms with E-state index in [-0.39, 0.29) is 12.2 Å². The normalized spacial score (nSPS) is 15.2. The van der Waals surface area contributed by atoms with Gasteiger partial charge in [0.15, 0.2) is 11.6 Å². The minimum Gasteiger partial charge on any atom is -0.374 e. The van der Waals surface area contributed by atoms with E-state index in [9.17, 15) is 0 Å². The van der Waals surface area contributed by atoms with Crippen molar-refractivity contribution in [3.05, 3.63) is 11.6 Å². The molecular weight excluding hydrogens is 232 g/mol. The first-order valence-electron chi connectivity index (χ1n) is 6.19. The molecule has 1 rings (SSSR count). The Morgan fingerprint density at radius 1 is 1.17 bits per heavy atom. The lowest BCUT2D eigenvalue weighted by Gasteiger charge is -2.12. The van der Waals surface area contributed by atoms with Gasteiger partial charge in [0.2, 0.25) is 0 Å². The van der Waals surface area contributed by atoms with Crippen molar-refractivity contribution >= 4 is 6.21 Å². The summed E-state index contributed by atoms with van der Waals surface area (Å²) in [6.07, 6.45) is 3.51. The van der Waals surface area contributed by atoms with Crippen LogP contribution in [0.15, 0.2) is 5.10 Å². The van der Waals surface area contributed by atoms with Crippen LogP contribution in [-0.4, -0.2) is 35.3 Å². The smallest absolute Gasteiger partial charge is 0.183 e. The summed E-state index contributed by atoms with van der Waals surface area (Å²) in [4.78, 5) is 0. The van der Waals surface area contributed by atoms with Crippen LogP contribution in [0.3, 0.4) is 0 Å². The molecule has 0 saturated carbocycles. The van der Waals surface area contributed by atoms with Gasteiger partial charge >= 0.3 is 0 Å². The van der Waals surface area contributed by atoms with Crippen LogP contribution in [0.4, 0.5) is 0 Å². The lowest BCUT2D eigenvalue weighted by Crippen LogP contribution is -2.10. The maximum Gasteiger partial charge on any atom is 0.183 e. The third-order valence-electron chi connectivity index (χ3n) is 2.74. The fourth-order valence-electron chi connectivity index (χ4n) is 1.41. The average molecular weight is 254 g/mol. The van der Waals surface area contributed by atoms with Gasteiger partial charge in [0.05, 0.1) is 0 Å². The summed E-state index contributed by atoms with van der Waals surface area (Å²) < 4.78 is 12.3. The first-order chi connectivity index (χ1) is 8.65. The van der Waals surface area contributed by atoms with Crippen molar-refractivity contribution in [1.29, 1.82) is 0 Å². The van der Waals surface area contributed by atoms with Gasteiger partial charge in [-0.25, -0.2) is 0 Å². The highest BCUT2D eigenvalue weighted by atomic mass is 16.5. The predicted molar refractivity (Wildman–Crippen MR) is 69.7 cm³/mol. The third-order valence-corrected chi connectivity index (χ3v) is 2.74. The number of methoxy groups -OCH3 is 2. The van der Waals surface area contributed by atoms with Crippen LogP contribution in [0.1, 0.15) is 57.5 Å². The zero-order valence-electron chi connectivity index (χ0n) is 11.8. The van der Waals surface area contributed by atoms with Crippen molar-refractivity contribution in [3.8, 4) is 0 Å². The van der Waals surface area contributed by atoms with E-state index in [1.807, 2.05) is 20.1 Å². The highest BCUT2D eigenvalue weighted by Gasteiger charge is 2.20. The summed E-state index contributed by atoms with van der Waals surface area (Å²) in [6, 6.07) is 0. The SMILES string of the molecule is CCCC=Nn1c(C(C)OC)nnc1C(C)OC. The molecule has 18 heavy (non-hydrogen) atoms. The molecule has 6 heteroatoms. The zero-order valence-corrected chi connectivity index (χ0v) is 11.8. The highest BCUT2D eigenvalue weighted by molar-refractivity contribution is 5.56. The number of ether oxygens (including phenoxy) is 2. The van der Waals surface area contributed by atoms with Gasteiger partial charge in [-0.05, 0) is 20.3 Å². The van der Waals surface area contributed by atoms with Gasteiger partial charge in [-0.2, -0.15) is 9.78 Å². The van der Waals surface area contributed by atoms with Crippen LogP contribution in [0.5, 0.6) is 0 Å². The van der Waals surface area contributed by atoms with E-state index in [1.165, 1.54) is 0 Å². The van der Waals surface area contributed by atoms with Crippen LogP contribution >= 0.6 is 0 Å². The quantitative estimate of drug-likeness (QED) is 0.701. The largest absolute Gasteiger partial charge is 0.374 e. The molecule has 0 aliphatic carbocycles. The molecule has 0 radical (unpaired) electrons. The maximum absolute atomic E-state index is 5.27. The Kier molecular flexibility index (Phi) is 5.94. The van der Waals surface area contributed by atoms with Gasteiger partial charge < -0.3 is 9.47 Å². The van der Waals surface area contributed by atoms with Crippen molar-refractivity contribution in [3.63, 3.8) is 0 Å². The molecule has 0 spiro atoms. The van der Waals surface area contributed by atoms with Crippen LogP contribution in [0.25, 0.3) is 0 Å². The molecule has 0 aromatic carbocycles. The Hall–Kier alpha value is -1.27. The van der Waals surface area contributed by atoms with Crippen molar-refractivity contribution < 1.29 is 9.47 Å². The molecule has 0 aliphatic heterocycles. The molecule has 0 N–H and O–H groups in total. The molecule has 102 valence electrons. The van der Waals surface area contributed by atoms with Crippen molar-refractivity contribution in [1.82, 2.24) is 14.9 Å². The summed E-state index contributed by atoms with van der Waals surface area (Å²) in [5.74, 6) is 1.37. The Morgan fingerprint density at radius 2 is 1.67 bits per heavy atom. The van der Waals surface area contributed by atoms with Crippen molar-refractivity contribution in [2.75, 3.05) is 14.2 Å². The van der Waals surface area contributed by atoms with Crippen LogP contribution in [0.2, 0.25) is 0 Å². The number of aromatic nitrogens is 3. The fourth-order valence-corrected chi connectivity index (χ4v) is 1.41. The number of nitrogens with zero attached hydrogens (tertiary/aromatic N) is 4. The van der Waals surface area contributed by atoms with Crippen LogP contribution in [0, 0.1) is 0 Å². The van der Waals surface area contributed by atoms with Crippen LogP contribution in [-0.2, 0) is 9.47 Å². The molecule has 6 nitrogen and oxygen atoms in total. The maximum atomic E-state index is 5.27. The van der Waals surface area contributed by atoms with Crippen molar-refractivity contribution in [2.45, 2.75) is 45.8 Å². The second-order valence-electron chi connectivity index (χ2n) is 4.07. The van der Waals surface area contributed by atoms with E-state index >= 15 is 0 Å². The van der Waals surface area contributed by atoms with E-state index < -0.39 is 0 Å². The second-order valence-corrected chi connectivity index (χ2v) is 4.07. The lowest BCUT2D eigenvalue weighted by molar-refractivity contribution is 0.101. The number of unbranched alkanes of at least 4 members (excludes halogenated alkanes) is 1. The fraction of sp³-hybridized carbons (Fsp3) is 0.750. The summed E-state index contributed by atoms with van der Waals surface area (Å²) in [5.41, 5.74) is 0. The first kappa shape index (κ1) is 14.8. The molecular formula is C12H22N4O2. The van der Waals surface area contributed by atoms with Gasteiger partial charge in [0.1, 0.15) is 12.2 Å². The van der Waals surface area contributed by atoms with E-state index in [2.05, 4.69) is 22.2 Å². The van der Waals surface area contributed by atoms with Gasteiger partial charge in [0, 0.05) is 20.4 Å². The number of rotatable bonds is 7. The average Bonchev–Trinajstić information content (AvgIpc) is 2.81. The van der Waals surface area contributed by atoms with E-state index in [4.69, 9.17) is 9.47 Å². The molecule has 0 fully saturated rings. The molecule has 0 saturated heterocycles. The molecule has 0 bridgehead atoms. The van der Waals surface area contributed by atoms with Crippen LogP contribution < -0.4 is 0 Å². The molecule has 2 atom stereocenters. The lowest BCUT2D eigenvalue weighted by atomic mass is 10.3. The molecule has 1 heterocycles. The van der Waals surface area contributed by atoms with Crippen molar-refractivity contribution in [2.24, 2.45) is 5.10 Å². The summed E-state index contributed by atoms with van der Waals surface area (Å²) in [7, 11) is 3.28. The van der Waals surface area contributed by atoms with E-state index in [0.29, 0.717) is 11.6 Å². The van der Waals surface area contributed by atoms with E-state index in [1.54, 1.807) is 18.9 Å². The van der Waals surface area contributed by atoms with Gasteiger partial charge in [-0.1, -0.05) is 13.3 Å². The summed E-state index contributed by atoms with van der Waals surface area (Å²) >= 11 is 0. The summed E-state index contributed by atoms with van der Waals surface area (Å²) in [6.45, 7) is 5.93. The third kappa shape index (κ3) is 3.36. The minimum atomic E-state index is -0.158. The summed E-state index contributed by atoms with van der Waals surface area (Å²) in [5, 5.41) is 12.7. The molecule has 0 amide bonds. The second kappa shape index (κ2) is 7.23. The van der Waals surface area contributed by atoms with Gasteiger partial charge in [0.25, 0.3) is 0 Å². The minimum absolute atomic E-state index is 0.158. The molecule has 0 aliphatic rings. The Bertz CT molecular complexity index is 362. The molecule has 2 unspecified atom stereocenters. The number of hydrogen-bond donors (Lipinski definition) is 0. The Balaban J connectivity index is 3.08. The monoisotopic (exact) mass is 254 g/mol. The first-order valence-corrected chi connectivity index (χ1v) is 6.19. The molecule has 1 aromatic rings. The van der Waals surface area contributed by atoms with Gasteiger partial charge in [-0.15, -0.1) is 10.2 Å². The van der Waals surface area contributed by atoms with Gasteiger partial charge in [-0.3, -0.25) is 0 Å². The zero-order chi connectivity index (χ0) is 13.5.